The second kappa shape index (κ2) is 3.49. The zero-order chi connectivity index (χ0) is 9.30. The topological polar surface area (TPSA) is 98.0 Å². The molecule has 4 atom stereocenters. The van der Waals surface area contributed by atoms with Gasteiger partial charge in [-0.25, -0.2) is 0 Å². The molecule has 0 heterocycles. The molecule has 1 fully saturated rings. The molecule has 4 N–H and O–H groups in total. The maximum atomic E-state index is 11.0. The molecule has 0 spiro atoms. The Balaban J connectivity index is 2.70. The summed E-state index contributed by atoms with van der Waals surface area (Å²) in [5, 5.41) is 35.8. The van der Waals surface area contributed by atoms with Gasteiger partial charge in [-0.3, -0.25) is 4.79 Å². The Morgan fingerprint density at radius 1 is 1.33 bits per heavy atom. The third-order valence-electron chi connectivity index (χ3n) is 2.16. The lowest BCUT2D eigenvalue weighted by atomic mass is 9.83. The van der Waals surface area contributed by atoms with E-state index in [-0.39, 0.29) is 6.42 Å². The van der Waals surface area contributed by atoms with Crippen molar-refractivity contribution in [1.29, 1.82) is 0 Å². The highest BCUT2D eigenvalue weighted by atomic mass is 16.4. The Morgan fingerprint density at radius 3 is 2.42 bits per heavy atom. The zero-order valence-electron chi connectivity index (χ0n) is 6.42. The Bertz CT molecular complexity index is 177. The maximum absolute atomic E-state index is 11.0. The van der Waals surface area contributed by atoms with E-state index in [9.17, 15) is 4.79 Å². The molecule has 0 bridgehead atoms. The van der Waals surface area contributed by atoms with E-state index in [1.807, 2.05) is 0 Å². The van der Waals surface area contributed by atoms with Gasteiger partial charge in [0.25, 0.3) is 0 Å². The van der Waals surface area contributed by atoms with Gasteiger partial charge in [0.1, 0.15) is 12.2 Å². The summed E-state index contributed by atoms with van der Waals surface area (Å²) in [4.78, 5) is 11.0. The van der Waals surface area contributed by atoms with Crippen LogP contribution in [0.1, 0.15) is 6.42 Å². The van der Waals surface area contributed by atoms with Gasteiger partial charge < -0.3 is 20.4 Å². The van der Waals surface area contributed by atoms with Crippen molar-refractivity contribution in [3.63, 3.8) is 0 Å². The van der Waals surface area contributed by atoms with Crippen molar-refractivity contribution in [2.75, 3.05) is 6.61 Å². The first kappa shape index (κ1) is 9.60. The fourth-order valence-electron chi connectivity index (χ4n) is 1.33. The molecule has 0 aromatic heterocycles. The van der Waals surface area contributed by atoms with Gasteiger partial charge in [0.05, 0.1) is 12.7 Å². The minimum Gasteiger partial charge on any atom is -0.396 e. The molecule has 5 nitrogen and oxygen atoms in total. The highest BCUT2D eigenvalue weighted by molar-refractivity contribution is 5.86. The van der Waals surface area contributed by atoms with Gasteiger partial charge in [-0.05, 0) is 6.42 Å². The third kappa shape index (κ3) is 1.49. The number of rotatable bonds is 1. The summed E-state index contributed by atoms with van der Waals surface area (Å²) in [5.74, 6) is -1.35. The summed E-state index contributed by atoms with van der Waals surface area (Å²) >= 11 is 0. The minimum atomic E-state index is -1.56. The molecule has 5 heteroatoms. The molecule has 70 valence electrons. The molecule has 1 saturated carbocycles. The number of ketones is 1. The van der Waals surface area contributed by atoms with E-state index in [0.717, 1.165) is 0 Å². The summed E-state index contributed by atoms with van der Waals surface area (Å²) in [6, 6.07) is 0. The lowest BCUT2D eigenvalue weighted by molar-refractivity contribution is -0.155. The van der Waals surface area contributed by atoms with E-state index in [4.69, 9.17) is 20.4 Å². The van der Waals surface area contributed by atoms with Crippen LogP contribution in [0.4, 0.5) is 0 Å². The first-order valence-corrected chi connectivity index (χ1v) is 3.76. The highest BCUT2D eigenvalue weighted by Crippen LogP contribution is 2.21. The van der Waals surface area contributed by atoms with Crippen LogP contribution in [0.25, 0.3) is 0 Å². The van der Waals surface area contributed by atoms with Crippen LogP contribution in [0.2, 0.25) is 0 Å². The molecule has 12 heavy (non-hydrogen) atoms. The average molecular weight is 176 g/mol. The minimum absolute atomic E-state index is 0.00750. The maximum Gasteiger partial charge on any atom is 0.169 e. The van der Waals surface area contributed by atoms with E-state index >= 15 is 0 Å². The summed E-state index contributed by atoms with van der Waals surface area (Å²) in [7, 11) is 0. The van der Waals surface area contributed by atoms with Crippen LogP contribution in [0.3, 0.4) is 0 Å². The predicted molar refractivity (Wildman–Crippen MR) is 38.2 cm³/mol. The fraction of sp³-hybridized carbons (Fsp3) is 0.857. The average Bonchev–Trinajstić information content (AvgIpc) is 2.08. The summed E-state index contributed by atoms with van der Waals surface area (Å²) < 4.78 is 0. The molecule has 1 aliphatic rings. The monoisotopic (exact) mass is 176 g/mol. The second-order valence-corrected chi connectivity index (χ2v) is 3.02. The molecule has 0 aromatic rings. The first-order chi connectivity index (χ1) is 5.57. The van der Waals surface area contributed by atoms with Gasteiger partial charge in [0.2, 0.25) is 0 Å². The Kier molecular flexibility index (Phi) is 2.79. The molecule has 0 aromatic carbocycles. The van der Waals surface area contributed by atoms with Gasteiger partial charge in [-0.1, -0.05) is 0 Å². The highest BCUT2D eigenvalue weighted by Gasteiger charge is 2.41. The summed E-state index contributed by atoms with van der Waals surface area (Å²) in [6.45, 7) is -0.403. The van der Waals surface area contributed by atoms with Crippen molar-refractivity contribution in [1.82, 2.24) is 0 Å². The third-order valence-corrected chi connectivity index (χ3v) is 2.16. The first-order valence-electron chi connectivity index (χ1n) is 3.76. The van der Waals surface area contributed by atoms with Crippen molar-refractivity contribution >= 4 is 5.78 Å². The van der Waals surface area contributed by atoms with Crippen molar-refractivity contribution in [3.8, 4) is 0 Å². The lowest BCUT2D eigenvalue weighted by Gasteiger charge is -2.31. The Morgan fingerprint density at radius 2 is 1.92 bits per heavy atom. The number of hydrogen-bond donors (Lipinski definition) is 4. The van der Waals surface area contributed by atoms with Gasteiger partial charge in [-0.2, -0.15) is 0 Å². The number of aliphatic hydroxyl groups is 4. The van der Waals surface area contributed by atoms with E-state index in [2.05, 4.69) is 0 Å². The molecular formula is C7H12O5. The van der Waals surface area contributed by atoms with Gasteiger partial charge in [-0.15, -0.1) is 0 Å². The van der Waals surface area contributed by atoms with E-state index in [1.54, 1.807) is 0 Å². The van der Waals surface area contributed by atoms with E-state index in [0.29, 0.717) is 0 Å². The quantitative estimate of drug-likeness (QED) is 0.358. The second-order valence-electron chi connectivity index (χ2n) is 3.02. The number of aliphatic hydroxyl groups excluding tert-OH is 4. The number of hydrogen-bond acceptors (Lipinski definition) is 5. The summed E-state index contributed by atoms with van der Waals surface area (Å²) in [6.07, 6.45) is -4.10. The van der Waals surface area contributed by atoms with Crippen molar-refractivity contribution in [2.45, 2.75) is 24.7 Å². The van der Waals surface area contributed by atoms with Crippen LogP contribution >= 0.6 is 0 Å². The molecule has 0 aliphatic heterocycles. The van der Waals surface area contributed by atoms with Crippen LogP contribution in [-0.4, -0.2) is 51.1 Å². The van der Waals surface area contributed by atoms with Crippen LogP contribution in [-0.2, 0) is 4.79 Å². The molecular weight excluding hydrogens is 164 g/mol. The van der Waals surface area contributed by atoms with Gasteiger partial charge in [0.15, 0.2) is 5.78 Å². The normalized spacial score (nSPS) is 43.2. The molecule has 0 radical (unpaired) electrons. The standard InChI is InChI=1S/C7H12O5/c8-2-3-1-4(9)6(11)7(12)5(3)10/h3-4,6-9,11-12H,1-2H2. The number of Topliss-reactive ketones (excluding diaryl/α,β-unsaturated/α-hetero) is 1. The fourth-order valence-corrected chi connectivity index (χ4v) is 1.33. The number of carbonyl (C=O) groups is 1. The van der Waals surface area contributed by atoms with E-state index < -0.39 is 36.6 Å². The Labute approximate surface area is 69.3 Å². The zero-order valence-corrected chi connectivity index (χ0v) is 6.42. The smallest absolute Gasteiger partial charge is 0.169 e. The summed E-state index contributed by atoms with van der Waals surface area (Å²) in [5.41, 5.74) is 0. The van der Waals surface area contributed by atoms with Gasteiger partial charge in [0, 0.05) is 5.92 Å². The van der Waals surface area contributed by atoms with Crippen molar-refractivity contribution in [3.05, 3.63) is 0 Å². The van der Waals surface area contributed by atoms with Crippen LogP contribution in [0, 0.1) is 5.92 Å². The van der Waals surface area contributed by atoms with Crippen LogP contribution in [0.15, 0.2) is 0 Å². The van der Waals surface area contributed by atoms with Crippen molar-refractivity contribution < 1.29 is 25.2 Å². The molecule has 4 unspecified atom stereocenters. The van der Waals surface area contributed by atoms with Crippen LogP contribution < -0.4 is 0 Å². The van der Waals surface area contributed by atoms with Crippen LogP contribution in [0.5, 0.6) is 0 Å². The van der Waals surface area contributed by atoms with Gasteiger partial charge >= 0.3 is 0 Å². The lowest BCUT2D eigenvalue weighted by Crippen LogP contribution is -2.51. The predicted octanol–water partition coefficient (Wildman–Crippen LogP) is -2.35. The molecule has 1 rings (SSSR count). The van der Waals surface area contributed by atoms with E-state index in [1.165, 1.54) is 0 Å². The molecule has 0 saturated heterocycles. The van der Waals surface area contributed by atoms with Crippen molar-refractivity contribution in [2.24, 2.45) is 5.92 Å². The molecule has 0 amide bonds. The molecule has 1 aliphatic carbocycles. The SMILES string of the molecule is O=C1C(CO)CC(O)C(O)C1O. The number of carbonyl (C=O) groups excluding carboxylic acids is 1. The Hall–Kier alpha value is -0.490. The largest absolute Gasteiger partial charge is 0.396 e.